The van der Waals surface area contributed by atoms with Crippen molar-refractivity contribution < 1.29 is 22.8 Å². The lowest BCUT2D eigenvalue weighted by atomic mass is 9.86. The summed E-state index contributed by atoms with van der Waals surface area (Å²) in [5.74, 6) is -0.477. The van der Waals surface area contributed by atoms with Gasteiger partial charge >= 0.3 is 6.18 Å². The number of halogens is 3. The molecule has 30 heavy (non-hydrogen) atoms. The molecular weight excluding hydrogens is 397 g/mol. The van der Waals surface area contributed by atoms with Gasteiger partial charge in [-0.05, 0) is 43.7 Å². The molecule has 0 bridgehead atoms. The predicted octanol–water partition coefficient (Wildman–Crippen LogP) is 3.05. The fourth-order valence-corrected chi connectivity index (χ4v) is 4.39. The summed E-state index contributed by atoms with van der Waals surface area (Å²) in [4.78, 5) is 26.4. The summed E-state index contributed by atoms with van der Waals surface area (Å²) in [5.41, 5.74) is 1.56. The topological polar surface area (TPSA) is 78.1 Å². The van der Waals surface area contributed by atoms with E-state index in [1.165, 1.54) is 19.1 Å². The Morgan fingerprint density at radius 3 is 2.53 bits per heavy atom. The van der Waals surface area contributed by atoms with Crippen molar-refractivity contribution in [3.63, 3.8) is 0 Å². The first-order valence-corrected chi connectivity index (χ1v) is 10.0. The molecule has 2 N–H and O–H groups in total. The molecule has 9 heteroatoms. The number of amides is 1. The zero-order valence-corrected chi connectivity index (χ0v) is 16.6. The van der Waals surface area contributed by atoms with Crippen molar-refractivity contribution in [3.8, 4) is 0 Å². The summed E-state index contributed by atoms with van der Waals surface area (Å²) in [7, 11) is 0. The number of fused-ring (bicyclic) bond motifs is 1. The maximum atomic E-state index is 13.3. The van der Waals surface area contributed by atoms with Gasteiger partial charge in [-0.25, -0.2) is 0 Å². The Morgan fingerprint density at radius 2 is 1.87 bits per heavy atom. The van der Waals surface area contributed by atoms with Crippen molar-refractivity contribution in [2.75, 3.05) is 13.1 Å². The van der Waals surface area contributed by atoms with Gasteiger partial charge in [-0.15, -0.1) is 0 Å². The van der Waals surface area contributed by atoms with E-state index < -0.39 is 11.7 Å². The Hall–Kier alpha value is -2.68. The molecule has 1 amide bonds. The molecule has 2 aliphatic heterocycles. The summed E-state index contributed by atoms with van der Waals surface area (Å²) in [6.07, 6.45) is -3.07. The van der Waals surface area contributed by atoms with Crippen molar-refractivity contribution >= 4 is 11.7 Å². The van der Waals surface area contributed by atoms with E-state index in [1.54, 1.807) is 11.0 Å². The molecule has 4 rings (SSSR count). The SMILES string of the molecule is CC(=O)C1Cc2c(C(=O)N3CCC(c4ccccc4C(F)(F)F)CC3)n[nH]c2CN1. The number of aromatic nitrogens is 2. The standard InChI is InChI=1S/C21H23F3N4O2/c1-12(29)17-10-15-18(11-25-17)26-27-19(15)20(30)28-8-6-13(7-9-28)14-4-2-3-5-16(14)21(22,23)24/h2-5,13,17,25H,6-11H2,1H3,(H,26,27). The number of nitrogens with zero attached hydrogens (tertiary/aromatic N) is 2. The minimum Gasteiger partial charge on any atom is -0.337 e. The number of aromatic amines is 1. The van der Waals surface area contributed by atoms with Gasteiger partial charge in [0.15, 0.2) is 5.69 Å². The number of piperidine rings is 1. The first-order chi connectivity index (χ1) is 14.3. The van der Waals surface area contributed by atoms with Crippen molar-refractivity contribution in [2.45, 2.75) is 50.9 Å². The second-order valence-corrected chi connectivity index (χ2v) is 7.93. The van der Waals surface area contributed by atoms with Crippen LogP contribution in [0, 0.1) is 0 Å². The summed E-state index contributed by atoms with van der Waals surface area (Å²) >= 11 is 0. The summed E-state index contributed by atoms with van der Waals surface area (Å²) < 4.78 is 40.0. The zero-order chi connectivity index (χ0) is 21.5. The molecule has 2 aromatic rings. The first kappa shape index (κ1) is 20.6. The summed E-state index contributed by atoms with van der Waals surface area (Å²) in [6, 6.07) is 5.32. The molecule has 1 saturated heterocycles. The van der Waals surface area contributed by atoms with Crippen molar-refractivity contribution in [1.29, 1.82) is 0 Å². The van der Waals surface area contributed by atoms with E-state index in [-0.39, 0.29) is 23.7 Å². The average Bonchev–Trinajstić information content (AvgIpc) is 3.16. The van der Waals surface area contributed by atoms with Gasteiger partial charge in [0.2, 0.25) is 0 Å². The number of hydrogen-bond donors (Lipinski definition) is 2. The Balaban J connectivity index is 1.47. The number of carbonyl (C=O) groups excluding carboxylic acids is 2. The second-order valence-electron chi connectivity index (χ2n) is 7.93. The molecule has 0 saturated carbocycles. The fraction of sp³-hybridized carbons (Fsp3) is 0.476. The van der Waals surface area contributed by atoms with Crippen LogP contribution in [0.3, 0.4) is 0 Å². The van der Waals surface area contributed by atoms with Gasteiger partial charge in [0.05, 0.1) is 17.3 Å². The summed E-state index contributed by atoms with van der Waals surface area (Å²) in [6.45, 7) is 2.68. The number of nitrogens with one attached hydrogen (secondary N) is 2. The number of ketones is 1. The third-order valence-corrected chi connectivity index (χ3v) is 6.07. The van der Waals surface area contributed by atoms with Gasteiger partial charge in [0, 0.05) is 25.2 Å². The molecule has 0 radical (unpaired) electrons. The molecule has 1 aromatic heterocycles. The molecular formula is C21H23F3N4O2. The van der Waals surface area contributed by atoms with E-state index in [9.17, 15) is 22.8 Å². The van der Waals surface area contributed by atoms with Crippen LogP contribution in [-0.2, 0) is 23.9 Å². The first-order valence-electron chi connectivity index (χ1n) is 10.0. The van der Waals surface area contributed by atoms with E-state index in [0.29, 0.717) is 50.2 Å². The molecule has 1 aromatic carbocycles. The van der Waals surface area contributed by atoms with Gasteiger partial charge in [-0.3, -0.25) is 14.7 Å². The molecule has 1 fully saturated rings. The number of Topliss-reactive ketones (excluding diaryl/α,β-unsaturated/α-hetero) is 1. The van der Waals surface area contributed by atoms with Crippen LogP contribution in [0.15, 0.2) is 24.3 Å². The highest BCUT2D eigenvalue weighted by atomic mass is 19.4. The lowest BCUT2D eigenvalue weighted by Crippen LogP contribution is -2.42. The Morgan fingerprint density at radius 1 is 1.17 bits per heavy atom. The van der Waals surface area contributed by atoms with Crippen LogP contribution in [0.1, 0.15) is 58.6 Å². The molecule has 160 valence electrons. The van der Waals surface area contributed by atoms with Crippen LogP contribution in [0.2, 0.25) is 0 Å². The quantitative estimate of drug-likeness (QED) is 0.800. The number of H-pyrrole nitrogens is 1. The maximum absolute atomic E-state index is 13.3. The normalized spacial score (nSPS) is 20.1. The van der Waals surface area contributed by atoms with Crippen molar-refractivity contribution in [2.24, 2.45) is 0 Å². The minimum atomic E-state index is -4.39. The molecule has 6 nitrogen and oxygen atoms in total. The zero-order valence-electron chi connectivity index (χ0n) is 16.6. The van der Waals surface area contributed by atoms with E-state index in [2.05, 4.69) is 15.5 Å². The lowest BCUT2D eigenvalue weighted by molar-refractivity contribution is -0.138. The van der Waals surface area contributed by atoms with E-state index in [1.807, 2.05) is 0 Å². The lowest BCUT2D eigenvalue weighted by Gasteiger charge is -2.33. The van der Waals surface area contributed by atoms with Gasteiger partial charge < -0.3 is 10.2 Å². The fourth-order valence-electron chi connectivity index (χ4n) is 4.39. The molecule has 1 unspecified atom stereocenters. The third-order valence-electron chi connectivity index (χ3n) is 6.07. The number of benzene rings is 1. The number of alkyl halides is 3. The van der Waals surface area contributed by atoms with Gasteiger partial charge in [-0.2, -0.15) is 18.3 Å². The Bertz CT molecular complexity index is 961. The third kappa shape index (κ3) is 3.86. The van der Waals surface area contributed by atoms with E-state index >= 15 is 0 Å². The highest BCUT2D eigenvalue weighted by Crippen LogP contribution is 2.38. The van der Waals surface area contributed by atoms with E-state index in [4.69, 9.17) is 0 Å². The largest absolute Gasteiger partial charge is 0.416 e. The predicted molar refractivity (Wildman–Crippen MR) is 103 cm³/mol. The van der Waals surface area contributed by atoms with Gasteiger partial charge in [-0.1, -0.05) is 18.2 Å². The van der Waals surface area contributed by atoms with Crippen LogP contribution in [0.5, 0.6) is 0 Å². The van der Waals surface area contributed by atoms with Gasteiger partial charge in [0.1, 0.15) is 5.78 Å². The van der Waals surface area contributed by atoms with E-state index in [0.717, 1.165) is 17.3 Å². The smallest absolute Gasteiger partial charge is 0.337 e. The van der Waals surface area contributed by atoms with Gasteiger partial charge in [0.25, 0.3) is 5.91 Å². The second kappa shape index (κ2) is 7.86. The van der Waals surface area contributed by atoms with Crippen LogP contribution >= 0.6 is 0 Å². The van der Waals surface area contributed by atoms with Crippen LogP contribution in [0.25, 0.3) is 0 Å². The van der Waals surface area contributed by atoms with Crippen LogP contribution in [-0.4, -0.2) is 45.9 Å². The number of rotatable bonds is 3. The number of carbonyl (C=O) groups is 2. The monoisotopic (exact) mass is 420 g/mol. The highest BCUT2D eigenvalue weighted by molar-refractivity contribution is 5.94. The molecule has 0 spiro atoms. The number of likely N-dealkylation sites (tertiary alicyclic amines) is 1. The molecule has 0 aliphatic carbocycles. The number of hydrogen-bond acceptors (Lipinski definition) is 4. The molecule has 3 heterocycles. The van der Waals surface area contributed by atoms with Crippen LogP contribution in [0.4, 0.5) is 13.2 Å². The highest BCUT2D eigenvalue weighted by Gasteiger charge is 2.37. The maximum Gasteiger partial charge on any atom is 0.416 e. The Kier molecular flexibility index (Phi) is 5.40. The van der Waals surface area contributed by atoms with Crippen molar-refractivity contribution in [1.82, 2.24) is 20.4 Å². The summed E-state index contributed by atoms with van der Waals surface area (Å²) in [5, 5.41) is 10.2. The molecule has 2 aliphatic rings. The molecule has 1 atom stereocenters. The van der Waals surface area contributed by atoms with Crippen molar-refractivity contribution in [3.05, 3.63) is 52.3 Å². The minimum absolute atomic E-state index is 0.00407. The average molecular weight is 420 g/mol. The Labute approximate surface area is 171 Å². The van der Waals surface area contributed by atoms with Crippen LogP contribution < -0.4 is 5.32 Å².